The molecule has 0 fully saturated rings. The molecule has 0 spiro atoms. The van der Waals surface area contributed by atoms with E-state index < -0.39 is 17.6 Å². The average molecular weight is 248 g/mol. The third kappa shape index (κ3) is 6.99. The van der Waals surface area contributed by atoms with Crippen LogP contribution in [0.5, 0.6) is 0 Å². The minimum absolute atomic E-state index is 0.137. The van der Waals surface area contributed by atoms with Crippen molar-refractivity contribution in [2.45, 2.75) is 64.6 Å². The first-order valence-electron chi connectivity index (χ1n) is 6.53. The van der Waals surface area contributed by atoms with E-state index in [1.54, 1.807) is 13.8 Å². The monoisotopic (exact) mass is 248 g/mol. The molecule has 104 valence electrons. The van der Waals surface area contributed by atoms with Gasteiger partial charge in [-0.3, -0.25) is 0 Å². The Morgan fingerprint density at radius 1 is 0.882 bits per heavy atom. The highest BCUT2D eigenvalue weighted by molar-refractivity contribution is 4.82. The van der Waals surface area contributed by atoms with E-state index in [1.807, 2.05) is 0 Å². The second-order valence-electron chi connectivity index (χ2n) is 5.44. The van der Waals surface area contributed by atoms with Crippen LogP contribution < -0.4 is 0 Å². The summed E-state index contributed by atoms with van der Waals surface area (Å²) in [5.74, 6) is 0. The number of hydrogen-bond donors (Lipinski definition) is 4. The summed E-state index contributed by atoms with van der Waals surface area (Å²) in [5, 5.41) is 37.3. The highest BCUT2D eigenvalue weighted by Gasteiger charge is 2.32. The molecule has 17 heavy (non-hydrogen) atoms. The van der Waals surface area contributed by atoms with Crippen LogP contribution in [0.25, 0.3) is 0 Å². The highest BCUT2D eigenvalue weighted by Crippen LogP contribution is 2.24. The normalized spacial score (nSPS) is 15.9. The molecule has 0 heterocycles. The van der Waals surface area contributed by atoms with Crippen LogP contribution in [0, 0.1) is 5.41 Å². The van der Waals surface area contributed by atoms with Crippen molar-refractivity contribution < 1.29 is 20.4 Å². The molecule has 0 aliphatic heterocycles. The van der Waals surface area contributed by atoms with Gasteiger partial charge in [-0.15, -0.1) is 0 Å². The summed E-state index contributed by atoms with van der Waals surface area (Å²) in [7, 11) is 0. The number of aliphatic hydroxyl groups is 4. The van der Waals surface area contributed by atoms with Crippen LogP contribution in [0.1, 0.15) is 52.4 Å². The molecule has 0 rings (SSSR count). The van der Waals surface area contributed by atoms with Gasteiger partial charge in [-0.25, -0.2) is 0 Å². The van der Waals surface area contributed by atoms with Crippen LogP contribution in [0.4, 0.5) is 0 Å². The SMILES string of the molecule is CC(C)(CO)C(O)C(O)CCCCCCCO. The van der Waals surface area contributed by atoms with E-state index in [9.17, 15) is 10.2 Å². The summed E-state index contributed by atoms with van der Waals surface area (Å²) >= 11 is 0. The van der Waals surface area contributed by atoms with Gasteiger partial charge in [0.05, 0.1) is 18.8 Å². The largest absolute Gasteiger partial charge is 0.396 e. The van der Waals surface area contributed by atoms with Crippen molar-refractivity contribution >= 4 is 0 Å². The Kier molecular flexibility index (Phi) is 8.78. The molecule has 2 unspecified atom stereocenters. The molecule has 0 aliphatic carbocycles. The molecular formula is C13H28O4. The summed E-state index contributed by atoms with van der Waals surface area (Å²) in [6, 6.07) is 0. The maximum Gasteiger partial charge on any atom is 0.0871 e. The molecule has 0 aliphatic rings. The van der Waals surface area contributed by atoms with Crippen molar-refractivity contribution in [1.82, 2.24) is 0 Å². The van der Waals surface area contributed by atoms with Crippen LogP contribution in [0.2, 0.25) is 0 Å². The molecule has 0 amide bonds. The Balaban J connectivity index is 3.68. The molecule has 0 saturated heterocycles. The van der Waals surface area contributed by atoms with Gasteiger partial charge in [-0.1, -0.05) is 39.5 Å². The molecule has 0 radical (unpaired) electrons. The van der Waals surface area contributed by atoms with E-state index in [4.69, 9.17) is 10.2 Å². The Bertz CT molecular complexity index is 182. The van der Waals surface area contributed by atoms with Crippen LogP contribution >= 0.6 is 0 Å². The molecule has 4 nitrogen and oxygen atoms in total. The van der Waals surface area contributed by atoms with Crippen LogP contribution in [0.3, 0.4) is 0 Å². The van der Waals surface area contributed by atoms with Gasteiger partial charge in [0.15, 0.2) is 0 Å². The standard InChI is InChI=1S/C13H28O4/c1-13(2,10-15)12(17)11(16)8-6-4-3-5-7-9-14/h11-12,14-17H,3-10H2,1-2H3. The predicted octanol–water partition coefficient (Wildman–Crippen LogP) is 1.06. The fourth-order valence-corrected chi connectivity index (χ4v) is 1.77. The van der Waals surface area contributed by atoms with Crippen molar-refractivity contribution in [2.24, 2.45) is 5.41 Å². The van der Waals surface area contributed by atoms with E-state index in [0.29, 0.717) is 6.42 Å². The first-order valence-corrected chi connectivity index (χ1v) is 6.53. The van der Waals surface area contributed by atoms with E-state index in [0.717, 1.165) is 32.1 Å². The zero-order chi connectivity index (χ0) is 13.3. The lowest BCUT2D eigenvalue weighted by Crippen LogP contribution is -2.41. The van der Waals surface area contributed by atoms with Crippen molar-refractivity contribution in [3.05, 3.63) is 0 Å². The minimum atomic E-state index is -0.884. The van der Waals surface area contributed by atoms with Crippen molar-refractivity contribution in [3.63, 3.8) is 0 Å². The topological polar surface area (TPSA) is 80.9 Å². The molecule has 2 atom stereocenters. The maximum atomic E-state index is 9.84. The Morgan fingerprint density at radius 3 is 1.94 bits per heavy atom. The summed E-state index contributed by atoms with van der Waals surface area (Å²) in [6.07, 6.45) is 3.67. The smallest absolute Gasteiger partial charge is 0.0871 e. The van der Waals surface area contributed by atoms with Gasteiger partial charge in [-0.2, -0.15) is 0 Å². The van der Waals surface area contributed by atoms with Gasteiger partial charge in [0.1, 0.15) is 0 Å². The molecule has 4 N–H and O–H groups in total. The van der Waals surface area contributed by atoms with E-state index in [-0.39, 0.29) is 13.2 Å². The average Bonchev–Trinajstić information content (AvgIpc) is 2.32. The summed E-state index contributed by atoms with van der Waals surface area (Å²) in [4.78, 5) is 0. The third-order valence-corrected chi connectivity index (χ3v) is 3.23. The number of unbranched alkanes of at least 4 members (excludes halogenated alkanes) is 4. The molecular weight excluding hydrogens is 220 g/mol. The maximum absolute atomic E-state index is 9.84. The summed E-state index contributed by atoms with van der Waals surface area (Å²) < 4.78 is 0. The van der Waals surface area contributed by atoms with Gasteiger partial charge in [-0.05, 0) is 12.8 Å². The fraction of sp³-hybridized carbons (Fsp3) is 1.00. The minimum Gasteiger partial charge on any atom is -0.396 e. The van der Waals surface area contributed by atoms with Crippen molar-refractivity contribution in [1.29, 1.82) is 0 Å². The summed E-state index contributed by atoms with van der Waals surface area (Å²) in [5.41, 5.74) is -0.656. The molecule has 0 saturated carbocycles. The molecule has 0 bridgehead atoms. The van der Waals surface area contributed by atoms with Gasteiger partial charge in [0.2, 0.25) is 0 Å². The Hall–Kier alpha value is -0.160. The molecule has 0 aromatic rings. The predicted molar refractivity (Wildman–Crippen MR) is 67.7 cm³/mol. The second-order valence-corrected chi connectivity index (χ2v) is 5.44. The van der Waals surface area contributed by atoms with Crippen molar-refractivity contribution in [2.75, 3.05) is 13.2 Å². The fourth-order valence-electron chi connectivity index (χ4n) is 1.77. The number of aliphatic hydroxyl groups excluding tert-OH is 4. The van der Waals surface area contributed by atoms with Crippen molar-refractivity contribution in [3.8, 4) is 0 Å². The van der Waals surface area contributed by atoms with Gasteiger partial charge >= 0.3 is 0 Å². The lowest BCUT2D eigenvalue weighted by atomic mass is 9.83. The molecule has 0 aromatic heterocycles. The first-order chi connectivity index (χ1) is 7.95. The number of rotatable bonds is 10. The van der Waals surface area contributed by atoms with Crippen LogP contribution in [-0.4, -0.2) is 45.8 Å². The van der Waals surface area contributed by atoms with Gasteiger partial charge in [0.25, 0.3) is 0 Å². The Morgan fingerprint density at radius 2 is 1.41 bits per heavy atom. The van der Waals surface area contributed by atoms with E-state index in [2.05, 4.69) is 0 Å². The first kappa shape index (κ1) is 16.8. The van der Waals surface area contributed by atoms with Crippen LogP contribution in [-0.2, 0) is 0 Å². The van der Waals surface area contributed by atoms with Crippen LogP contribution in [0.15, 0.2) is 0 Å². The summed E-state index contributed by atoms with van der Waals surface area (Å²) in [6.45, 7) is 3.58. The van der Waals surface area contributed by atoms with Gasteiger partial charge in [0, 0.05) is 12.0 Å². The lowest BCUT2D eigenvalue weighted by molar-refractivity contribution is -0.0737. The zero-order valence-electron chi connectivity index (χ0n) is 11.1. The highest BCUT2D eigenvalue weighted by atomic mass is 16.3. The quantitative estimate of drug-likeness (QED) is 0.436. The number of hydrogen-bond acceptors (Lipinski definition) is 4. The van der Waals surface area contributed by atoms with E-state index in [1.165, 1.54) is 0 Å². The zero-order valence-corrected chi connectivity index (χ0v) is 11.1. The Labute approximate surface area is 104 Å². The molecule has 0 aromatic carbocycles. The molecule has 4 heteroatoms. The van der Waals surface area contributed by atoms with Gasteiger partial charge < -0.3 is 20.4 Å². The lowest BCUT2D eigenvalue weighted by Gasteiger charge is -2.31. The van der Waals surface area contributed by atoms with E-state index >= 15 is 0 Å². The third-order valence-electron chi connectivity index (χ3n) is 3.23. The second kappa shape index (κ2) is 8.86.